The molecular formula is C19H20N2O4. The summed E-state index contributed by atoms with van der Waals surface area (Å²) < 4.78 is 11.0. The predicted molar refractivity (Wildman–Crippen MR) is 92.8 cm³/mol. The summed E-state index contributed by atoms with van der Waals surface area (Å²) >= 11 is 0. The smallest absolute Gasteiger partial charge is 0.251 e. The van der Waals surface area contributed by atoms with Crippen molar-refractivity contribution in [3.63, 3.8) is 0 Å². The average Bonchev–Trinajstić information content (AvgIpc) is 2.65. The Morgan fingerprint density at radius 2 is 1.68 bits per heavy atom. The second-order valence-corrected chi connectivity index (χ2v) is 5.80. The van der Waals surface area contributed by atoms with Gasteiger partial charge in [-0.15, -0.1) is 0 Å². The maximum Gasteiger partial charge on any atom is 0.251 e. The zero-order valence-electron chi connectivity index (χ0n) is 14.0. The SMILES string of the molecule is Cc1ccc(C(=O)NCC(=O)NCc2ccc3c(c2)OCCO3)cc1. The average molecular weight is 340 g/mol. The highest BCUT2D eigenvalue weighted by atomic mass is 16.6. The Morgan fingerprint density at radius 1 is 0.960 bits per heavy atom. The number of amides is 2. The normalized spacial score (nSPS) is 12.4. The molecule has 0 saturated carbocycles. The van der Waals surface area contributed by atoms with Crippen LogP contribution in [0.3, 0.4) is 0 Å². The van der Waals surface area contributed by atoms with E-state index in [9.17, 15) is 9.59 Å². The van der Waals surface area contributed by atoms with Crippen LogP contribution in [0.4, 0.5) is 0 Å². The van der Waals surface area contributed by atoms with E-state index in [-0.39, 0.29) is 18.4 Å². The molecule has 1 aliphatic heterocycles. The molecule has 0 aromatic heterocycles. The van der Waals surface area contributed by atoms with Gasteiger partial charge in [0.25, 0.3) is 5.91 Å². The summed E-state index contributed by atoms with van der Waals surface area (Å²) in [5.41, 5.74) is 2.52. The van der Waals surface area contributed by atoms with Crippen molar-refractivity contribution >= 4 is 11.8 Å². The highest BCUT2D eigenvalue weighted by Crippen LogP contribution is 2.30. The molecule has 2 amide bonds. The van der Waals surface area contributed by atoms with E-state index in [1.54, 1.807) is 12.1 Å². The Bertz CT molecular complexity index is 771. The van der Waals surface area contributed by atoms with Gasteiger partial charge in [-0.2, -0.15) is 0 Å². The van der Waals surface area contributed by atoms with E-state index < -0.39 is 0 Å². The molecule has 2 aromatic rings. The summed E-state index contributed by atoms with van der Waals surface area (Å²) in [7, 11) is 0. The summed E-state index contributed by atoms with van der Waals surface area (Å²) in [5, 5.41) is 5.38. The lowest BCUT2D eigenvalue weighted by molar-refractivity contribution is -0.120. The van der Waals surface area contributed by atoms with Crippen LogP contribution < -0.4 is 20.1 Å². The summed E-state index contributed by atoms with van der Waals surface area (Å²) in [4.78, 5) is 23.9. The van der Waals surface area contributed by atoms with Crippen molar-refractivity contribution in [1.29, 1.82) is 0 Å². The zero-order chi connectivity index (χ0) is 17.6. The van der Waals surface area contributed by atoms with Gasteiger partial charge in [-0.05, 0) is 36.8 Å². The van der Waals surface area contributed by atoms with Crippen molar-refractivity contribution in [3.05, 3.63) is 59.2 Å². The Labute approximate surface area is 146 Å². The third-order valence-electron chi connectivity index (χ3n) is 3.82. The number of carbonyl (C=O) groups is 2. The molecule has 2 aromatic carbocycles. The summed E-state index contributed by atoms with van der Waals surface area (Å²) in [5.74, 6) is 0.877. The van der Waals surface area contributed by atoms with Gasteiger partial charge >= 0.3 is 0 Å². The van der Waals surface area contributed by atoms with Crippen LogP contribution >= 0.6 is 0 Å². The van der Waals surface area contributed by atoms with Gasteiger partial charge < -0.3 is 20.1 Å². The molecule has 25 heavy (non-hydrogen) atoms. The first-order valence-corrected chi connectivity index (χ1v) is 8.12. The van der Waals surface area contributed by atoms with Crippen molar-refractivity contribution in [2.45, 2.75) is 13.5 Å². The van der Waals surface area contributed by atoms with Crippen LogP contribution in [0, 0.1) is 6.92 Å². The topological polar surface area (TPSA) is 76.7 Å². The third-order valence-corrected chi connectivity index (χ3v) is 3.82. The molecule has 0 spiro atoms. The molecular weight excluding hydrogens is 320 g/mol. The molecule has 0 aliphatic carbocycles. The number of benzene rings is 2. The van der Waals surface area contributed by atoms with Crippen LogP contribution in [0.5, 0.6) is 11.5 Å². The first-order valence-electron chi connectivity index (χ1n) is 8.12. The van der Waals surface area contributed by atoms with Gasteiger partial charge in [0.15, 0.2) is 11.5 Å². The molecule has 0 radical (unpaired) electrons. The molecule has 0 unspecified atom stereocenters. The molecule has 0 atom stereocenters. The lowest BCUT2D eigenvalue weighted by Gasteiger charge is -2.19. The molecule has 0 bridgehead atoms. The van der Waals surface area contributed by atoms with Crippen LogP contribution in [-0.2, 0) is 11.3 Å². The standard InChI is InChI=1S/C19H20N2O4/c1-13-2-5-15(6-3-13)19(23)21-12-18(22)20-11-14-4-7-16-17(10-14)25-9-8-24-16/h2-7,10H,8-9,11-12H2,1H3,(H,20,22)(H,21,23). The van der Waals surface area contributed by atoms with Gasteiger partial charge in [-0.3, -0.25) is 9.59 Å². The van der Waals surface area contributed by atoms with E-state index in [1.807, 2.05) is 37.3 Å². The summed E-state index contributed by atoms with van der Waals surface area (Å²) in [6, 6.07) is 12.7. The Morgan fingerprint density at radius 3 is 2.44 bits per heavy atom. The number of aryl methyl sites for hydroxylation is 1. The number of fused-ring (bicyclic) bond motifs is 1. The second-order valence-electron chi connectivity index (χ2n) is 5.80. The fourth-order valence-corrected chi connectivity index (χ4v) is 2.43. The third kappa shape index (κ3) is 4.50. The Hall–Kier alpha value is -3.02. The lowest BCUT2D eigenvalue weighted by Crippen LogP contribution is -2.36. The van der Waals surface area contributed by atoms with Crippen LogP contribution in [0.1, 0.15) is 21.5 Å². The first-order chi connectivity index (χ1) is 12.1. The molecule has 1 heterocycles. The number of hydrogen-bond donors (Lipinski definition) is 2. The van der Waals surface area contributed by atoms with E-state index >= 15 is 0 Å². The Kier molecular flexibility index (Phi) is 5.18. The predicted octanol–water partition coefficient (Wildman–Crippen LogP) is 1.81. The first kappa shape index (κ1) is 16.8. The molecule has 0 saturated heterocycles. The summed E-state index contributed by atoms with van der Waals surface area (Å²) in [6.45, 7) is 3.30. The quantitative estimate of drug-likeness (QED) is 0.870. The van der Waals surface area contributed by atoms with Gasteiger partial charge in [-0.1, -0.05) is 23.8 Å². The van der Waals surface area contributed by atoms with E-state index in [4.69, 9.17) is 9.47 Å². The fourth-order valence-electron chi connectivity index (χ4n) is 2.43. The lowest BCUT2D eigenvalue weighted by atomic mass is 10.1. The van der Waals surface area contributed by atoms with Crippen LogP contribution in [0.2, 0.25) is 0 Å². The second kappa shape index (κ2) is 7.70. The highest BCUT2D eigenvalue weighted by molar-refractivity contribution is 5.96. The molecule has 0 fully saturated rings. The maximum atomic E-state index is 12.0. The minimum Gasteiger partial charge on any atom is -0.486 e. The van der Waals surface area contributed by atoms with Crippen molar-refractivity contribution < 1.29 is 19.1 Å². The van der Waals surface area contributed by atoms with Gasteiger partial charge in [0, 0.05) is 12.1 Å². The maximum absolute atomic E-state index is 12.0. The van der Waals surface area contributed by atoms with Gasteiger partial charge in [0.2, 0.25) is 5.91 Å². The monoisotopic (exact) mass is 340 g/mol. The molecule has 1 aliphatic rings. The number of rotatable bonds is 5. The fraction of sp³-hybridized carbons (Fsp3) is 0.263. The molecule has 6 heteroatoms. The number of ether oxygens (including phenoxy) is 2. The van der Waals surface area contributed by atoms with Crippen LogP contribution in [-0.4, -0.2) is 31.6 Å². The van der Waals surface area contributed by atoms with Crippen LogP contribution in [0.15, 0.2) is 42.5 Å². The van der Waals surface area contributed by atoms with Gasteiger partial charge in [0.1, 0.15) is 13.2 Å². The van der Waals surface area contributed by atoms with Crippen LogP contribution in [0.25, 0.3) is 0 Å². The van der Waals surface area contributed by atoms with E-state index in [0.717, 1.165) is 11.1 Å². The summed E-state index contributed by atoms with van der Waals surface area (Å²) in [6.07, 6.45) is 0. The van der Waals surface area contributed by atoms with Crippen molar-refractivity contribution in [1.82, 2.24) is 10.6 Å². The number of nitrogens with one attached hydrogen (secondary N) is 2. The highest BCUT2D eigenvalue weighted by Gasteiger charge is 2.12. The van der Waals surface area contributed by atoms with Gasteiger partial charge in [0.05, 0.1) is 6.54 Å². The van der Waals surface area contributed by atoms with Gasteiger partial charge in [-0.25, -0.2) is 0 Å². The minimum absolute atomic E-state index is 0.0722. The van der Waals surface area contributed by atoms with Crippen molar-refractivity contribution in [2.24, 2.45) is 0 Å². The zero-order valence-corrected chi connectivity index (χ0v) is 14.0. The molecule has 3 rings (SSSR count). The molecule has 130 valence electrons. The van der Waals surface area contributed by atoms with Crippen molar-refractivity contribution in [2.75, 3.05) is 19.8 Å². The largest absolute Gasteiger partial charge is 0.486 e. The van der Waals surface area contributed by atoms with E-state index in [1.165, 1.54) is 0 Å². The number of carbonyl (C=O) groups excluding carboxylic acids is 2. The Balaban J connectivity index is 1.46. The minimum atomic E-state index is -0.269. The molecule has 2 N–H and O–H groups in total. The van der Waals surface area contributed by atoms with E-state index in [2.05, 4.69) is 10.6 Å². The van der Waals surface area contributed by atoms with Crippen molar-refractivity contribution in [3.8, 4) is 11.5 Å². The van der Waals surface area contributed by atoms with E-state index in [0.29, 0.717) is 36.8 Å². The molecule has 6 nitrogen and oxygen atoms in total. The number of hydrogen-bond acceptors (Lipinski definition) is 4.